The maximum Gasteiger partial charge on any atom is 0.163 e. The quantitative estimate of drug-likeness (QED) is 0.773. The molecule has 4 rings (SSSR count). The molecule has 0 aliphatic carbocycles. The lowest BCUT2D eigenvalue weighted by Gasteiger charge is -2.42. The smallest absolute Gasteiger partial charge is 0.163 e. The first-order valence-electron chi connectivity index (χ1n) is 9.25. The molecule has 1 unspecified atom stereocenters. The molecular weight excluding hydrogens is 342 g/mol. The van der Waals surface area contributed by atoms with Crippen LogP contribution in [-0.2, 0) is 19.4 Å². The number of benzene rings is 2. The van der Waals surface area contributed by atoms with Gasteiger partial charge in [0.15, 0.2) is 17.3 Å². The second-order valence-corrected chi connectivity index (χ2v) is 7.18. The molecule has 142 valence electrons. The number of carbonyl (C=O) groups excluding carboxylic acids is 1. The molecule has 2 heterocycles. The summed E-state index contributed by atoms with van der Waals surface area (Å²) in [6, 6.07) is 8.53. The van der Waals surface area contributed by atoms with Crippen molar-refractivity contribution in [1.82, 2.24) is 4.90 Å². The van der Waals surface area contributed by atoms with Crippen LogP contribution in [0.5, 0.6) is 17.2 Å². The monoisotopic (exact) mass is 367 g/mol. The van der Waals surface area contributed by atoms with Crippen LogP contribution in [0.25, 0.3) is 0 Å². The molecule has 0 amide bonds. The summed E-state index contributed by atoms with van der Waals surface area (Å²) in [6.45, 7) is 3.34. The van der Waals surface area contributed by atoms with Crippen molar-refractivity contribution < 1.29 is 19.0 Å². The van der Waals surface area contributed by atoms with Gasteiger partial charge < -0.3 is 14.2 Å². The van der Waals surface area contributed by atoms with Gasteiger partial charge in [-0.15, -0.1) is 0 Å². The van der Waals surface area contributed by atoms with Crippen molar-refractivity contribution in [2.45, 2.75) is 32.4 Å². The van der Waals surface area contributed by atoms with E-state index in [2.05, 4.69) is 23.1 Å². The topological polar surface area (TPSA) is 48.0 Å². The maximum absolute atomic E-state index is 12.3. The van der Waals surface area contributed by atoms with Gasteiger partial charge in [0, 0.05) is 19.1 Å². The van der Waals surface area contributed by atoms with E-state index in [0.717, 1.165) is 48.6 Å². The molecule has 0 N–H and O–H groups in total. The fourth-order valence-electron chi connectivity index (χ4n) is 4.52. The molecule has 0 bridgehead atoms. The number of fused-ring (bicyclic) bond motifs is 4. The van der Waals surface area contributed by atoms with Gasteiger partial charge in [0.2, 0.25) is 0 Å². The first kappa shape index (κ1) is 17.9. The van der Waals surface area contributed by atoms with Gasteiger partial charge in [-0.25, -0.2) is 0 Å². The predicted molar refractivity (Wildman–Crippen MR) is 103 cm³/mol. The first-order valence-corrected chi connectivity index (χ1v) is 9.25. The summed E-state index contributed by atoms with van der Waals surface area (Å²) in [4.78, 5) is 14.7. The predicted octanol–water partition coefficient (Wildman–Crippen LogP) is 3.57. The molecule has 0 aromatic heterocycles. The number of Topliss-reactive ketones (excluding diaryl/α,β-unsaturated/α-hetero) is 1. The average molecular weight is 367 g/mol. The van der Waals surface area contributed by atoms with E-state index in [4.69, 9.17) is 14.2 Å². The summed E-state index contributed by atoms with van der Waals surface area (Å²) in [6.07, 6.45) is 1.84. The van der Waals surface area contributed by atoms with E-state index in [1.54, 1.807) is 28.3 Å². The van der Waals surface area contributed by atoms with Crippen molar-refractivity contribution in [1.29, 1.82) is 0 Å². The zero-order chi connectivity index (χ0) is 19.1. The van der Waals surface area contributed by atoms with Crippen LogP contribution in [0, 0.1) is 0 Å². The van der Waals surface area contributed by atoms with Crippen molar-refractivity contribution in [2.75, 3.05) is 27.9 Å². The van der Waals surface area contributed by atoms with Gasteiger partial charge in [0.1, 0.15) is 5.75 Å². The molecule has 1 atom stereocenters. The Labute approximate surface area is 159 Å². The molecule has 2 aromatic carbocycles. The Kier molecular flexibility index (Phi) is 4.56. The number of ketones is 1. The molecule has 0 saturated heterocycles. The minimum atomic E-state index is 0.0611. The molecule has 5 nitrogen and oxygen atoms in total. The molecule has 0 fully saturated rings. The van der Waals surface area contributed by atoms with E-state index in [0.29, 0.717) is 5.75 Å². The third kappa shape index (κ3) is 2.86. The summed E-state index contributed by atoms with van der Waals surface area (Å²) >= 11 is 0. The molecule has 27 heavy (non-hydrogen) atoms. The van der Waals surface area contributed by atoms with E-state index >= 15 is 0 Å². The van der Waals surface area contributed by atoms with E-state index in [9.17, 15) is 4.79 Å². The van der Waals surface area contributed by atoms with Crippen molar-refractivity contribution >= 4 is 5.78 Å². The zero-order valence-corrected chi connectivity index (χ0v) is 16.3. The molecular formula is C22H25NO4. The number of nitrogens with zero attached hydrogens (tertiary/aromatic N) is 1. The van der Waals surface area contributed by atoms with E-state index in [1.165, 1.54) is 16.7 Å². The van der Waals surface area contributed by atoms with Crippen LogP contribution in [0.15, 0.2) is 24.3 Å². The molecule has 2 aromatic rings. The highest BCUT2D eigenvalue weighted by Crippen LogP contribution is 2.43. The minimum Gasteiger partial charge on any atom is -0.496 e. The van der Waals surface area contributed by atoms with Crippen LogP contribution < -0.4 is 14.2 Å². The third-order valence-electron chi connectivity index (χ3n) is 5.83. The lowest BCUT2D eigenvalue weighted by Crippen LogP contribution is -2.40. The largest absolute Gasteiger partial charge is 0.496 e. The Morgan fingerprint density at radius 2 is 1.70 bits per heavy atom. The van der Waals surface area contributed by atoms with Gasteiger partial charge in [-0.2, -0.15) is 0 Å². The second kappa shape index (κ2) is 6.89. The fraction of sp³-hybridized carbons (Fsp3) is 0.409. The summed E-state index contributed by atoms with van der Waals surface area (Å²) in [5.41, 5.74) is 5.68. The van der Waals surface area contributed by atoms with Gasteiger partial charge in [-0.1, -0.05) is 6.07 Å². The normalized spacial score (nSPS) is 18.1. The summed E-state index contributed by atoms with van der Waals surface area (Å²) in [7, 11) is 4.97. The molecule has 2 aliphatic rings. The third-order valence-corrected chi connectivity index (χ3v) is 5.83. The number of ether oxygens (including phenoxy) is 3. The maximum atomic E-state index is 12.3. The molecule has 0 spiro atoms. The van der Waals surface area contributed by atoms with Crippen molar-refractivity contribution in [3.05, 3.63) is 52.1 Å². The Balaban J connectivity index is 1.79. The standard InChI is InChI=1S/C22H25NO4/c1-13(24)22-17-12-23-8-7-15-10-20(26-3)21(27-4)11-16(15)18(23)9-14(17)5-6-19(22)25-2/h5-6,10-11,18H,7-9,12H2,1-4H3. The van der Waals surface area contributed by atoms with Crippen LogP contribution >= 0.6 is 0 Å². The Morgan fingerprint density at radius 1 is 1.00 bits per heavy atom. The van der Waals surface area contributed by atoms with Gasteiger partial charge in [0.05, 0.1) is 26.9 Å². The van der Waals surface area contributed by atoms with Crippen LogP contribution in [0.1, 0.15) is 45.6 Å². The van der Waals surface area contributed by atoms with Crippen LogP contribution in [0.3, 0.4) is 0 Å². The van der Waals surface area contributed by atoms with Crippen LogP contribution in [0.2, 0.25) is 0 Å². The average Bonchev–Trinajstić information content (AvgIpc) is 2.69. The van der Waals surface area contributed by atoms with Gasteiger partial charge in [-0.05, 0) is 60.2 Å². The Morgan fingerprint density at radius 3 is 2.37 bits per heavy atom. The first-order chi connectivity index (χ1) is 13.1. The van der Waals surface area contributed by atoms with Crippen LogP contribution in [-0.4, -0.2) is 38.6 Å². The van der Waals surface area contributed by atoms with Crippen molar-refractivity contribution in [3.8, 4) is 17.2 Å². The van der Waals surface area contributed by atoms with Gasteiger partial charge in [-0.3, -0.25) is 9.69 Å². The second-order valence-electron chi connectivity index (χ2n) is 7.18. The Hall–Kier alpha value is -2.53. The Bertz CT molecular complexity index is 906. The molecule has 5 heteroatoms. The molecule has 2 aliphatic heterocycles. The number of carbonyl (C=O) groups is 1. The zero-order valence-electron chi connectivity index (χ0n) is 16.3. The van der Waals surface area contributed by atoms with Crippen molar-refractivity contribution in [2.24, 2.45) is 0 Å². The number of hydrogen-bond donors (Lipinski definition) is 0. The van der Waals surface area contributed by atoms with E-state index in [1.807, 2.05) is 6.07 Å². The van der Waals surface area contributed by atoms with E-state index < -0.39 is 0 Å². The van der Waals surface area contributed by atoms with Crippen molar-refractivity contribution in [3.63, 3.8) is 0 Å². The lowest BCUT2D eigenvalue weighted by molar-refractivity contribution is 0.100. The van der Waals surface area contributed by atoms with E-state index in [-0.39, 0.29) is 11.8 Å². The highest BCUT2D eigenvalue weighted by molar-refractivity contribution is 5.98. The number of hydrogen-bond acceptors (Lipinski definition) is 5. The summed E-state index contributed by atoms with van der Waals surface area (Å²) in [5, 5.41) is 0. The molecule has 0 saturated carbocycles. The SMILES string of the molecule is COc1cc2c(cc1OC)C1Cc3ccc(OC)c(C(C)=O)c3CN1CC2. The number of rotatable bonds is 4. The van der Waals surface area contributed by atoms with Gasteiger partial charge in [0.25, 0.3) is 0 Å². The fourth-order valence-corrected chi connectivity index (χ4v) is 4.52. The number of methoxy groups -OCH3 is 3. The molecule has 0 radical (unpaired) electrons. The highest BCUT2D eigenvalue weighted by atomic mass is 16.5. The van der Waals surface area contributed by atoms with Crippen LogP contribution in [0.4, 0.5) is 0 Å². The lowest BCUT2D eigenvalue weighted by atomic mass is 9.82. The van der Waals surface area contributed by atoms with Gasteiger partial charge >= 0.3 is 0 Å². The summed E-state index contributed by atoms with van der Waals surface area (Å²) < 4.78 is 16.5. The minimum absolute atomic E-state index is 0.0611. The highest BCUT2D eigenvalue weighted by Gasteiger charge is 2.35. The summed E-state index contributed by atoms with van der Waals surface area (Å²) in [5.74, 6) is 2.28.